The minimum Gasteiger partial charge on any atom is -0.472 e. The van der Waals surface area contributed by atoms with E-state index >= 15 is 0 Å². The fourth-order valence-corrected chi connectivity index (χ4v) is 2.37. The number of furan rings is 1. The number of nitrogens with zero attached hydrogens (tertiary/aromatic N) is 1. The molecule has 0 bridgehead atoms. The first-order valence-electron chi connectivity index (χ1n) is 5.39. The van der Waals surface area contributed by atoms with Crippen LogP contribution in [0.5, 0.6) is 0 Å². The van der Waals surface area contributed by atoms with Crippen molar-refractivity contribution in [1.29, 1.82) is 0 Å². The number of carbonyl (C=O) groups excluding carboxylic acids is 1. The van der Waals surface area contributed by atoms with E-state index < -0.39 is 0 Å². The number of hydrogen-bond acceptors (Lipinski definition) is 3. The van der Waals surface area contributed by atoms with Gasteiger partial charge in [-0.25, -0.2) is 0 Å². The van der Waals surface area contributed by atoms with Crippen molar-refractivity contribution in [2.24, 2.45) is 5.92 Å². The Balaban J connectivity index is 1.70. The number of carbonyl (C=O) groups is 1. The smallest absolute Gasteiger partial charge is 0.257 e. The fraction of sp³-hybridized carbons (Fsp3) is 0.545. The zero-order valence-electron chi connectivity index (χ0n) is 8.48. The van der Waals surface area contributed by atoms with Crippen LogP contribution in [0.25, 0.3) is 0 Å². The Labute approximate surface area is 88.2 Å². The highest BCUT2D eigenvalue weighted by Gasteiger charge is 2.37. The quantitative estimate of drug-likeness (QED) is 0.736. The van der Waals surface area contributed by atoms with Crippen LogP contribution in [0.15, 0.2) is 23.0 Å². The minimum atomic E-state index is 0.0934. The lowest BCUT2D eigenvalue weighted by atomic mass is 9.85. The molecule has 2 aliphatic heterocycles. The molecule has 2 saturated heterocycles. The first kappa shape index (κ1) is 8.97. The predicted molar refractivity (Wildman–Crippen MR) is 54.5 cm³/mol. The molecule has 1 aromatic rings. The molecule has 2 atom stereocenters. The van der Waals surface area contributed by atoms with Crippen molar-refractivity contribution in [2.75, 3.05) is 19.6 Å². The molecule has 0 spiro atoms. The van der Waals surface area contributed by atoms with Gasteiger partial charge in [-0.2, -0.15) is 0 Å². The molecular formula is C11H14N2O2. The second-order valence-corrected chi connectivity index (χ2v) is 4.33. The number of nitrogens with one attached hydrogen (secondary N) is 1. The first-order chi connectivity index (χ1) is 7.34. The summed E-state index contributed by atoms with van der Waals surface area (Å²) in [4.78, 5) is 13.9. The molecule has 0 saturated carbocycles. The molecule has 0 radical (unpaired) electrons. The second kappa shape index (κ2) is 3.38. The minimum absolute atomic E-state index is 0.0934. The Hall–Kier alpha value is -1.29. The van der Waals surface area contributed by atoms with E-state index in [0.717, 1.165) is 32.0 Å². The van der Waals surface area contributed by atoms with Crippen molar-refractivity contribution in [3.05, 3.63) is 24.2 Å². The zero-order chi connectivity index (χ0) is 10.3. The third-order valence-corrected chi connectivity index (χ3v) is 3.45. The van der Waals surface area contributed by atoms with Crippen molar-refractivity contribution in [3.8, 4) is 0 Å². The lowest BCUT2D eigenvalue weighted by Gasteiger charge is -2.46. The molecule has 1 aromatic heterocycles. The van der Waals surface area contributed by atoms with Crippen LogP contribution in [0.1, 0.15) is 16.8 Å². The lowest BCUT2D eigenvalue weighted by Crippen LogP contribution is -2.62. The average molecular weight is 206 g/mol. The van der Waals surface area contributed by atoms with E-state index in [1.54, 1.807) is 12.3 Å². The largest absolute Gasteiger partial charge is 0.472 e. The normalized spacial score (nSPS) is 29.5. The standard InChI is InChI=1S/C11H14N2O2/c14-11(9-2-4-15-7-9)13-3-1-8-5-12-10(8)6-13/h2,4,7-8,10,12H,1,3,5-6H2. The van der Waals surface area contributed by atoms with Crippen molar-refractivity contribution in [3.63, 3.8) is 0 Å². The molecule has 3 rings (SSSR count). The summed E-state index contributed by atoms with van der Waals surface area (Å²) < 4.78 is 4.93. The van der Waals surface area contributed by atoms with E-state index in [-0.39, 0.29) is 5.91 Å². The summed E-state index contributed by atoms with van der Waals surface area (Å²) in [7, 11) is 0. The van der Waals surface area contributed by atoms with Gasteiger partial charge >= 0.3 is 0 Å². The van der Waals surface area contributed by atoms with Gasteiger partial charge in [0.05, 0.1) is 11.8 Å². The van der Waals surface area contributed by atoms with E-state index in [1.165, 1.54) is 6.26 Å². The molecule has 15 heavy (non-hydrogen) atoms. The van der Waals surface area contributed by atoms with Crippen LogP contribution in [0.4, 0.5) is 0 Å². The van der Waals surface area contributed by atoms with Crippen molar-refractivity contribution in [2.45, 2.75) is 12.5 Å². The van der Waals surface area contributed by atoms with Crippen molar-refractivity contribution in [1.82, 2.24) is 10.2 Å². The molecule has 2 aliphatic rings. The maximum Gasteiger partial charge on any atom is 0.257 e. The van der Waals surface area contributed by atoms with E-state index in [4.69, 9.17) is 4.42 Å². The Morgan fingerprint density at radius 1 is 1.60 bits per heavy atom. The van der Waals surface area contributed by atoms with Gasteiger partial charge in [-0.05, 0) is 24.9 Å². The van der Waals surface area contributed by atoms with Gasteiger partial charge in [-0.1, -0.05) is 0 Å². The highest BCUT2D eigenvalue weighted by molar-refractivity contribution is 5.93. The summed E-state index contributed by atoms with van der Waals surface area (Å²) in [5.41, 5.74) is 0.660. The highest BCUT2D eigenvalue weighted by Crippen LogP contribution is 2.24. The summed E-state index contributed by atoms with van der Waals surface area (Å²) in [5.74, 6) is 0.884. The van der Waals surface area contributed by atoms with E-state index in [1.807, 2.05) is 4.90 Å². The molecule has 0 aromatic carbocycles. The van der Waals surface area contributed by atoms with Gasteiger partial charge in [0.1, 0.15) is 6.26 Å². The third kappa shape index (κ3) is 1.45. The SMILES string of the molecule is O=C(c1ccoc1)N1CCC2CNC2C1. The Bertz CT molecular complexity index is 361. The predicted octanol–water partition coefficient (Wildman–Crippen LogP) is 0.713. The Morgan fingerprint density at radius 3 is 3.13 bits per heavy atom. The number of amides is 1. The maximum atomic E-state index is 12.0. The van der Waals surface area contributed by atoms with Crippen LogP contribution in [-0.2, 0) is 0 Å². The summed E-state index contributed by atoms with van der Waals surface area (Å²) in [5, 5.41) is 3.36. The molecular weight excluding hydrogens is 192 g/mol. The highest BCUT2D eigenvalue weighted by atomic mass is 16.3. The average Bonchev–Trinajstić information content (AvgIpc) is 2.72. The van der Waals surface area contributed by atoms with Crippen molar-refractivity contribution < 1.29 is 9.21 Å². The molecule has 2 unspecified atom stereocenters. The molecule has 0 aliphatic carbocycles. The maximum absolute atomic E-state index is 12.0. The molecule has 3 heterocycles. The van der Waals surface area contributed by atoms with Crippen LogP contribution >= 0.6 is 0 Å². The van der Waals surface area contributed by atoms with Gasteiger partial charge in [-0.3, -0.25) is 4.79 Å². The molecule has 4 heteroatoms. The number of piperidine rings is 1. The van der Waals surface area contributed by atoms with Crippen LogP contribution in [0, 0.1) is 5.92 Å². The third-order valence-electron chi connectivity index (χ3n) is 3.45. The van der Waals surface area contributed by atoms with E-state index in [9.17, 15) is 4.79 Å². The van der Waals surface area contributed by atoms with E-state index in [0.29, 0.717) is 11.6 Å². The topological polar surface area (TPSA) is 45.5 Å². The first-order valence-corrected chi connectivity index (χ1v) is 5.39. The van der Waals surface area contributed by atoms with Crippen LogP contribution in [0.2, 0.25) is 0 Å². The van der Waals surface area contributed by atoms with Gasteiger partial charge < -0.3 is 14.6 Å². The summed E-state index contributed by atoms with van der Waals surface area (Å²) in [6.45, 7) is 2.85. The Morgan fingerprint density at radius 2 is 2.53 bits per heavy atom. The van der Waals surface area contributed by atoms with E-state index in [2.05, 4.69) is 5.32 Å². The summed E-state index contributed by atoms with van der Waals surface area (Å²) >= 11 is 0. The van der Waals surface area contributed by atoms with Crippen molar-refractivity contribution >= 4 is 5.91 Å². The number of fused-ring (bicyclic) bond motifs is 1. The number of likely N-dealkylation sites (tertiary alicyclic amines) is 1. The molecule has 2 fully saturated rings. The fourth-order valence-electron chi connectivity index (χ4n) is 2.37. The number of rotatable bonds is 1. The van der Waals surface area contributed by atoms with Crippen LogP contribution in [0.3, 0.4) is 0 Å². The Kier molecular flexibility index (Phi) is 2.02. The van der Waals surface area contributed by atoms with Gasteiger partial charge in [0, 0.05) is 19.1 Å². The van der Waals surface area contributed by atoms with Crippen LogP contribution in [-0.4, -0.2) is 36.5 Å². The molecule has 1 amide bonds. The van der Waals surface area contributed by atoms with Crippen LogP contribution < -0.4 is 5.32 Å². The van der Waals surface area contributed by atoms with Gasteiger partial charge in [-0.15, -0.1) is 0 Å². The second-order valence-electron chi connectivity index (χ2n) is 4.33. The number of hydrogen-bond donors (Lipinski definition) is 1. The molecule has 1 N–H and O–H groups in total. The zero-order valence-corrected chi connectivity index (χ0v) is 8.48. The molecule has 4 nitrogen and oxygen atoms in total. The summed E-state index contributed by atoms with van der Waals surface area (Å²) in [6, 6.07) is 2.25. The summed E-state index contributed by atoms with van der Waals surface area (Å²) in [6.07, 6.45) is 4.19. The molecule has 80 valence electrons. The van der Waals surface area contributed by atoms with Gasteiger partial charge in [0.2, 0.25) is 0 Å². The van der Waals surface area contributed by atoms with Gasteiger partial charge in [0.15, 0.2) is 0 Å². The monoisotopic (exact) mass is 206 g/mol. The van der Waals surface area contributed by atoms with Gasteiger partial charge in [0.25, 0.3) is 5.91 Å². The lowest BCUT2D eigenvalue weighted by molar-refractivity contribution is 0.0518.